The summed E-state index contributed by atoms with van der Waals surface area (Å²) in [6, 6.07) is 2.84. The Hall–Kier alpha value is -1.41. The van der Waals surface area contributed by atoms with Crippen LogP contribution in [0.25, 0.3) is 11.0 Å². The molecule has 0 amide bonds. The van der Waals surface area contributed by atoms with Gasteiger partial charge >= 0.3 is 6.18 Å². The fourth-order valence-corrected chi connectivity index (χ4v) is 4.52. The molecule has 1 aliphatic heterocycles. The Morgan fingerprint density at radius 3 is 2.50 bits per heavy atom. The third-order valence-corrected chi connectivity index (χ3v) is 6.80. The lowest BCUT2D eigenvalue weighted by Crippen LogP contribution is -2.52. The van der Waals surface area contributed by atoms with E-state index >= 15 is 0 Å². The summed E-state index contributed by atoms with van der Waals surface area (Å²) >= 11 is 1.56. The minimum atomic E-state index is -4.41. The lowest BCUT2D eigenvalue weighted by Gasteiger charge is -2.41. The van der Waals surface area contributed by atoms with E-state index in [1.54, 1.807) is 17.8 Å². The van der Waals surface area contributed by atoms with E-state index in [0.29, 0.717) is 22.7 Å². The number of aromatic nitrogens is 2. The molecule has 28 heavy (non-hydrogen) atoms. The van der Waals surface area contributed by atoms with E-state index in [-0.39, 0.29) is 16.5 Å². The molecule has 156 valence electrons. The molecule has 1 aromatic heterocycles. The number of benzene rings is 1. The van der Waals surface area contributed by atoms with Gasteiger partial charge in [0, 0.05) is 30.4 Å². The molecule has 1 aromatic carbocycles. The largest absolute Gasteiger partial charge is 0.418 e. The van der Waals surface area contributed by atoms with Crippen molar-refractivity contribution < 1.29 is 13.2 Å². The van der Waals surface area contributed by atoms with E-state index in [1.165, 1.54) is 6.07 Å². The molecule has 8 heteroatoms. The summed E-state index contributed by atoms with van der Waals surface area (Å²) in [5.74, 6) is 0. The highest BCUT2D eigenvalue weighted by molar-refractivity contribution is 8.00. The van der Waals surface area contributed by atoms with Crippen molar-refractivity contribution >= 4 is 28.5 Å². The highest BCUT2D eigenvalue weighted by Crippen LogP contribution is 2.41. The zero-order valence-corrected chi connectivity index (χ0v) is 18.0. The van der Waals surface area contributed by atoms with Gasteiger partial charge in [-0.2, -0.15) is 13.2 Å². The van der Waals surface area contributed by atoms with Crippen LogP contribution in [0.5, 0.6) is 0 Å². The highest BCUT2D eigenvalue weighted by atomic mass is 32.2. The van der Waals surface area contributed by atoms with E-state index in [4.69, 9.17) is 0 Å². The van der Waals surface area contributed by atoms with E-state index in [9.17, 15) is 13.2 Å². The molecule has 1 atom stereocenters. The van der Waals surface area contributed by atoms with Gasteiger partial charge < -0.3 is 9.88 Å². The molecule has 0 radical (unpaired) electrons. The Balaban J connectivity index is 2.03. The normalized spacial score (nSPS) is 19.6. The van der Waals surface area contributed by atoms with E-state index in [0.717, 1.165) is 26.1 Å². The van der Waals surface area contributed by atoms with Crippen LogP contribution in [0, 0.1) is 0 Å². The average molecular weight is 415 g/mol. The first-order valence-electron chi connectivity index (χ1n) is 9.83. The summed E-state index contributed by atoms with van der Waals surface area (Å²) in [6.45, 7) is 13.4. The molecular weight excluding hydrogens is 385 g/mol. The SMILES string of the molecule is CCN1CCN(c2cc3nc(SC(C)(C)CC)[nH]c3cc2C(F)(F)F)C(C)C1. The summed E-state index contributed by atoms with van der Waals surface area (Å²) in [5.41, 5.74) is 0.667. The third kappa shape index (κ3) is 4.43. The number of piperazine rings is 1. The molecule has 1 unspecified atom stereocenters. The van der Waals surface area contributed by atoms with E-state index < -0.39 is 11.7 Å². The number of H-pyrrole nitrogens is 1. The Labute approximate surface area is 168 Å². The Kier molecular flexibility index (Phi) is 5.92. The zero-order chi connectivity index (χ0) is 20.7. The first-order valence-corrected chi connectivity index (χ1v) is 10.6. The number of aromatic amines is 1. The number of anilines is 1. The van der Waals surface area contributed by atoms with Crippen LogP contribution in [0.3, 0.4) is 0 Å². The standard InChI is InChI=1S/C20H29F3N4S/c1-6-19(4,5)28-18-24-15-10-14(20(21,22)23)17(11-16(15)25-18)27-9-8-26(7-2)12-13(27)3/h10-11,13H,6-9,12H2,1-5H3,(H,24,25). The second-order valence-electron chi connectivity index (χ2n) is 8.08. The second kappa shape index (κ2) is 7.78. The number of halogens is 3. The number of nitrogens with zero attached hydrogens (tertiary/aromatic N) is 3. The quantitative estimate of drug-likeness (QED) is 0.665. The van der Waals surface area contributed by atoms with Crippen molar-refractivity contribution in [2.75, 3.05) is 31.1 Å². The summed E-state index contributed by atoms with van der Waals surface area (Å²) in [7, 11) is 0. The summed E-state index contributed by atoms with van der Waals surface area (Å²) in [4.78, 5) is 11.8. The lowest BCUT2D eigenvalue weighted by atomic mass is 10.1. The van der Waals surface area contributed by atoms with Crippen LogP contribution in [0.1, 0.15) is 46.6 Å². The molecule has 0 bridgehead atoms. The van der Waals surface area contributed by atoms with Crippen molar-refractivity contribution in [3.05, 3.63) is 17.7 Å². The number of nitrogens with one attached hydrogen (secondary N) is 1. The highest BCUT2D eigenvalue weighted by Gasteiger charge is 2.37. The van der Waals surface area contributed by atoms with Crippen LogP contribution in [-0.2, 0) is 6.18 Å². The molecule has 2 heterocycles. The van der Waals surface area contributed by atoms with Crippen LogP contribution in [0.2, 0.25) is 0 Å². The molecule has 0 aliphatic carbocycles. The maximum absolute atomic E-state index is 13.9. The van der Waals surface area contributed by atoms with Gasteiger partial charge in [-0.05, 0) is 32.0 Å². The van der Waals surface area contributed by atoms with Crippen LogP contribution < -0.4 is 4.90 Å². The molecule has 0 saturated carbocycles. The summed E-state index contributed by atoms with van der Waals surface area (Å²) in [5, 5.41) is 0.663. The number of hydrogen-bond donors (Lipinski definition) is 1. The number of fused-ring (bicyclic) bond motifs is 1. The van der Waals surface area contributed by atoms with Crippen molar-refractivity contribution in [2.45, 2.75) is 63.2 Å². The van der Waals surface area contributed by atoms with Gasteiger partial charge in [-0.1, -0.05) is 39.5 Å². The fraction of sp³-hybridized carbons (Fsp3) is 0.650. The van der Waals surface area contributed by atoms with E-state index in [2.05, 4.69) is 42.6 Å². The maximum Gasteiger partial charge on any atom is 0.418 e. The predicted octanol–water partition coefficient (Wildman–Crippen LogP) is 5.39. The molecule has 3 rings (SSSR count). The van der Waals surface area contributed by atoms with E-state index in [1.807, 2.05) is 11.8 Å². The monoisotopic (exact) mass is 414 g/mol. The Morgan fingerprint density at radius 2 is 1.93 bits per heavy atom. The number of hydrogen-bond acceptors (Lipinski definition) is 4. The Bertz CT molecular complexity index is 831. The van der Waals surface area contributed by atoms with Gasteiger partial charge in [-0.25, -0.2) is 4.98 Å². The van der Waals surface area contributed by atoms with Gasteiger partial charge in [0.05, 0.1) is 22.3 Å². The average Bonchev–Trinajstić information content (AvgIpc) is 3.00. The summed E-state index contributed by atoms with van der Waals surface area (Å²) < 4.78 is 41.5. The summed E-state index contributed by atoms with van der Waals surface area (Å²) in [6.07, 6.45) is -3.47. The van der Waals surface area contributed by atoms with Crippen LogP contribution in [-0.4, -0.2) is 51.8 Å². The van der Waals surface area contributed by atoms with Crippen molar-refractivity contribution in [1.29, 1.82) is 0 Å². The van der Waals surface area contributed by atoms with Gasteiger partial charge in [0.25, 0.3) is 0 Å². The lowest BCUT2D eigenvalue weighted by molar-refractivity contribution is -0.137. The number of alkyl halides is 3. The van der Waals surface area contributed by atoms with Gasteiger partial charge in [-0.3, -0.25) is 4.90 Å². The second-order valence-corrected chi connectivity index (χ2v) is 9.77. The van der Waals surface area contributed by atoms with Crippen LogP contribution >= 0.6 is 11.8 Å². The predicted molar refractivity (Wildman–Crippen MR) is 110 cm³/mol. The van der Waals surface area contributed by atoms with Crippen molar-refractivity contribution in [3.63, 3.8) is 0 Å². The number of imidazole rings is 1. The van der Waals surface area contributed by atoms with Crippen molar-refractivity contribution in [2.24, 2.45) is 0 Å². The van der Waals surface area contributed by atoms with Crippen LogP contribution in [0.4, 0.5) is 18.9 Å². The molecule has 4 nitrogen and oxygen atoms in total. The molecule has 0 spiro atoms. The van der Waals surface area contributed by atoms with Gasteiger partial charge in [0.15, 0.2) is 5.16 Å². The smallest absolute Gasteiger partial charge is 0.366 e. The minimum Gasteiger partial charge on any atom is -0.366 e. The first-order chi connectivity index (χ1) is 13.0. The minimum absolute atomic E-state index is 0.0130. The topological polar surface area (TPSA) is 35.2 Å². The molecule has 1 fully saturated rings. The number of likely N-dealkylation sites (N-methyl/N-ethyl adjacent to an activating group) is 1. The van der Waals surface area contributed by atoms with Gasteiger partial charge in [0.1, 0.15) is 0 Å². The van der Waals surface area contributed by atoms with Crippen LogP contribution in [0.15, 0.2) is 17.3 Å². The number of rotatable bonds is 5. The molecule has 1 N–H and O–H groups in total. The van der Waals surface area contributed by atoms with Gasteiger partial charge in [0.2, 0.25) is 0 Å². The molecular formula is C20H29F3N4S. The van der Waals surface area contributed by atoms with Crippen molar-refractivity contribution in [1.82, 2.24) is 14.9 Å². The zero-order valence-electron chi connectivity index (χ0n) is 17.2. The third-order valence-electron chi connectivity index (χ3n) is 5.58. The molecule has 1 aliphatic rings. The molecule has 1 saturated heterocycles. The van der Waals surface area contributed by atoms with Crippen molar-refractivity contribution in [3.8, 4) is 0 Å². The Morgan fingerprint density at radius 1 is 1.21 bits per heavy atom. The number of thioether (sulfide) groups is 1. The molecule has 2 aromatic rings. The maximum atomic E-state index is 13.9. The first kappa shape index (κ1) is 21.3. The fourth-order valence-electron chi connectivity index (χ4n) is 3.55. The van der Waals surface area contributed by atoms with Gasteiger partial charge in [-0.15, -0.1) is 0 Å².